The Morgan fingerprint density at radius 2 is 1.50 bits per heavy atom. The Hall–Kier alpha value is -3.10. The number of methoxy groups -OCH3 is 1. The first-order valence-electron chi connectivity index (χ1n) is 10.1. The number of piperidine rings is 1. The smallest absolute Gasteiger partial charge is 0.414 e. The molecule has 1 aliphatic rings. The highest BCUT2D eigenvalue weighted by Crippen LogP contribution is 2.20. The van der Waals surface area contributed by atoms with Crippen LogP contribution in [0.5, 0.6) is 5.75 Å². The number of hydrogen-bond acceptors (Lipinski definition) is 5. The highest BCUT2D eigenvalue weighted by atomic mass is 35.5. The number of rotatable bonds is 6. The molecule has 0 atom stereocenters. The van der Waals surface area contributed by atoms with Crippen LogP contribution in [0.2, 0.25) is 5.02 Å². The zero-order valence-corrected chi connectivity index (χ0v) is 18.5. The van der Waals surface area contributed by atoms with Crippen LogP contribution >= 0.6 is 11.6 Å². The van der Waals surface area contributed by atoms with Gasteiger partial charge in [-0.2, -0.15) is 0 Å². The second-order valence-corrected chi connectivity index (χ2v) is 7.79. The zero-order valence-electron chi connectivity index (χ0n) is 17.8. The Morgan fingerprint density at radius 3 is 2.00 bits per heavy atom. The fraction of sp³-hybridized carbons (Fsp3) is 0.348. The standard InChI is InChI=1S/C21H25ClN2O2.C2H2O4/c1-26-20-8-4-16(5-9-20)14-23-21(25)18-10-12-24(13-11-18)15-17-2-6-19(22)7-3-17;3-1(4)2(5)6/h2-9,18H,10-15H2,1H3,(H,23,25);(H,3,4)(H,5,6). The van der Waals surface area contributed by atoms with Gasteiger partial charge in [-0.1, -0.05) is 35.9 Å². The summed E-state index contributed by atoms with van der Waals surface area (Å²) in [6, 6.07) is 15.8. The molecule has 0 saturated carbocycles. The van der Waals surface area contributed by atoms with Crippen LogP contribution in [0, 0.1) is 5.92 Å². The molecule has 0 unspecified atom stereocenters. The summed E-state index contributed by atoms with van der Waals surface area (Å²) in [6.45, 7) is 3.37. The second-order valence-electron chi connectivity index (χ2n) is 7.35. The maximum atomic E-state index is 12.4. The van der Waals surface area contributed by atoms with Crippen LogP contribution in [0.15, 0.2) is 48.5 Å². The van der Waals surface area contributed by atoms with E-state index in [4.69, 9.17) is 36.1 Å². The van der Waals surface area contributed by atoms with E-state index in [2.05, 4.69) is 22.3 Å². The van der Waals surface area contributed by atoms with Crippen molar-refractivity contribution in [3.63, 3.8) is 0 Å². The number of nitrogens with one attached hydrogen (secondary N) is 1. The maximum Gasteiger partial charge on any atom is 0.414 e. The average molecular weight is 463 g/mol. The van der Waals surface area contributed by atoms with Crippen molar-refractivity contribution in [1.82, 2.24) is 10.2 Å². The SMILES string of the molecule is COc1ccc(CNC(=O)C2CCN(Cc3ccc(Cl)cc3)CC2)cc1.O=C(O)C(=O)O. The summed E-state index contributed by atoms with van der Waals surface area (Å²) < 4.78 is 5.15. The third kappa shape index (κ3) is 8.56. The van der Waals surface area contributed by atoms with Crippen molar-refractivity contribution in [2.75, 3.05) is 20.2 Å². The van der Waals surface area contributed by atoms with E-state index in [-0.39, 0.29) is 11.8 Å². The molecule has 0 aliphatic carbocycles. The first kappa shape index (κ1) is 25.2. The number of carboxylic acids is 2. The molecule has 2 aromatic carbocycles. The van der Waals surface area contributed by atoms with E-state index in [0.717, 1.165) is 48.8 Å². The van der Waals surface area contributed by atoms with Gasteiger partial charge in [0.05, 0.1) is 7.11 Å². The molecular formula is C23H27ClN2O6. The lowest BCUT2D eigenvalue weighted by Crippen LogP contribution is -2.40. The third-order valence-corrected chi connectivity index (χ3v) is 5.34. The lowest BCUT2D eigenvalue weighted by Gasteiger charge is -2.31. The van der Waals surface area contributed by atoms with E-state index in [1.54, 1.807) is 7.11 Å². The first-order chi connectivity index (χ1) is 15.3. The molecule has 3 rings (SSSR count). The largest absolute Gasteiger partial charge is 0.497 e. The lowest BCUT2D eigenvalue weighted by molar-refractivity contribution is -0.159. The Morgan fingerprint density at radius 1 is 0.969 bits per heavy atom. The third-order valence-electron chi connectivity index (χ3n) is 5.09. The molecule has 1 amide bonds. The van der Waals surface area contributed by atoms with Gasteiger partial charge in [0.1, 0.15) is 5.75 Å². The monoisotopic (exact) mass is 462 g/mol. The fourth-order valence-electron chi connectivity index (χ4n) is 3.28. The molecule has 3 N–H and O–H groups in total. The second kappa shape index (κ2) is 12.7. The van der Waals surface area contributed by atoms with Crippen molar-refractivity contribution in [2.45, 2.75) is 25.9 Å². The number of hydrogen-bond donors (Lipinski definition) is 3. The first-order valence-corrected chi connectivity index (χ1v) is 10.5. The van der Waals surface area contributed by atoms with Crippen molar-refractivity contribution in [2.24, 2.45) is 5.92 Å². The van der Waals surface area contributed by atoms with E-state index in [0.29, 0.717) is 6.54 Å². The van der Waals surface area contributed by atoms with Crippen molar-refractivity contribution in [3.8, 4) is 5.75 Å². The van der Waals surface area contributed by atoms with Crippen LogP contribution in [-0.4, -0.2) is 53.2 Å². The fourth-order valence-corrected chi connectivity index (χ4v) is 3.40. The van der Waals surface area contributed by atoms with Gasteiger partial charge in [0.25, 0.3) is 0 Å². The Labute approximate surface area is 191 Å². The predicted octanol–water partition coefficient (Wildman–Crippen LogP) is 3.03. The van der Waals surface area contributed by atoms with Crippen LogP contribution < -0.4 is 10.1 Å². The van der Waals surface area contributed by atoms with E-state index < -0.39 is 11.9 Å². The number of likely N-dealkylation sites (tertiary alicyclic amines) is 1. The normalized spacial score (nSPS) is 14.1. The molecule has 0 spiro atoms. The van der Waals surface area contributed by atoms with Crippen LogP contribution in [0.4, 0.5) is 0 Å². The molecule has 8 nitrogen and oxygen atoms in total. The highest BCUT2D eigenvalue weighted by Gasteiger charge is 2.24. The Kier molecular flexibility index (Phi) is 9.97. The number of ether oxygens (including phenoxy) is 1. The minimum Gasteiger partial charge on any atom is -0.497 e. The summed E-state index contributed by atoms with van der Waals surface area (Å²) in [5.74, 6) is -2.56. The van der Waals surface area contributed by atoms with Gasteiger partial charge < -0.3 is 20.3 Å². The minimum atomic E-state index is -1.82. The average Bonchev–Trinajstić information content (AvgIpc) is 2.80. The molecule has 32 heavy (non-hydrogen) atoms. The molecule has 1 heterocycles. The number of carboxylic acid groups (broad SMARTS) is 2. The van der Waals surface area contributed by atoms with Crippen LogP contribution in [0.25, 0.3) is 0 Å². The highest BCUT2D eigenvalue weighted by molar-refractivity contribution is 6.30. The van der Waals surface area contributed by atoms with Crippen molar-refractivity contribution >= 4 is 29.4 Å². The van der Waals surface area contributed by atoms with Gasteiger partial charge >= 0.3 is 11.9 Å². The van der Waals surface area contributed by atoms with E-state index in [9.17, 15) is 4.79 Å². The summed E-state index contributed by atoms with van der Waals surface area (Å²) in [7, 11) is 1.65. The van der Waals surface area contributed by atoms with Crippen LogP contribution in [0.1, 0.15) is 24.0 Å². The summed E-state index contributed by atoms with van der Waals surface area (Å²) in [4.78, 5) is 33.0. The molecule has 9 heteroatoms. The van der Waals surface area contributed by atoms with E-state index in [1.807, 2.05) is 36.4 Å². The van der Waals surface area contributed by atoms with Crippen LogP contribution in [-0.2, 0) is 27.5 Å². The van der Waals surface area contributed by atoms with Gasteiger partial charge in [-0.05, 0) is 61.3 Å². The maximum absolute atomic E-state index is 12.4. The molecule has 0 bridgehead atoms. The number of amides is 1. The minimum absolute atomic E-state index is 0.106. The van der Waals surface area contributed by atoms with Gasteiger partial charge in [0, 0.05) is 24.0 Å². The molecular weight excluding hydrogens is 436 g/mol. The van der Waals surface area contributed by atoms with E-state index in [1.165, 1.54) is 5.56 Å². The number of nitrogens with zero attached hydrogens (tertiary/aromatic N) is 1. The quantitative estimate of drug-likeness (QED) is 0.565. The number of benzene rings is 2. The molecule has 1 saturated heterocycles. The number of halogens is 1. The van der Waals surface area contributed by atoms with Gasteiger partial charge in [0.2, 0.25) is 5.91 Å². The van der Waals surface area contributed by atoms with Gasteiger partial charge in [-0.3, -0.25) is 9.69 Å². The number of aliphatic carboxylic acids is 2. The van der Waals surface area contributed by atoms with Crippen molar-refractivity contribution in [1.29, 1.82) is 0 Å². The van der Waals surface area contributed by atoms with Gasteiger partial charge in [-0.25, -0.2) is 9.59 Å². The summed E-state index contributed by atoms with van der Waals surface area (Å²) in [6.07, 6.45) is 1.81. The predicted molar refractivity (Wildman–Crippen MR) is 120 cm³/mol. The van der Waals surface area contributed by atoms with E-state index >= 15 is 0 Å². The lowest BCUT2D eigenvalue weighted by atomic mass is 9.95. The molecule has 172 valence electrons. The Bertz CT molecular complexity index is 882. The molecule has 0 aromatic heterocycles. The molecule has 0 radical (unpaired) electrons. The Balaban J connectivity index is 0.000000534. The molecule has 1 aliphatic heterocycles. The van der Waals surface area contributed by atoms with Crippen molar-refractivity contribution in [3.05, 3.63) is 64.7 Å². The summed E-state index contributed by atoms with van der Waals surface area (Å²) in [5.41, 5.74) is 2.34. The van der Waals surface area contributed by atoms with Gasteiger partial charge in [-0.15, -0.1) is 0 Å². The molecule has 2 aromatic rings. The van der Waals surface area contributed by atoms with Crippen molar-refractivity contribution < 1.29 is 29.3 Å². The van der Waals surface area contributed by atoms with Crippen LogP contribution in [0.3, 0.4) is 0 Å². The number of carbonyl (C=O) groups is 3. The topological polar surface area (TPSA) is 116 Å². The molecule has 1 fully saturated rings. The zero-order chi connectivity index (χ0) is 23.5. The van der Waals surface area contributed by atoms with Gasteiger partial charge in [0.15, 0.2) is 0 Å². The number of carbonyl (C=O) groups excluding carboxylic acids is 1. The summed E-state index contributed by atoms with van der Waals surface area (Å²) in [5, 5.41) is 18.6. The summed E-state index contributed by atoms with van der Waals surface area (Å²) >= 11 is 5.93.